The Labute approximate surface area is 239 Å². The van der Waals surface area contributed by atoms with E-state index in [4.69, 9.17) is 20.8 Å². The van der Waals surface area contributed by atoms with Crippen molar-refractivity contribution >= 4 is 52.6 Å². The lowest BCUT2D eigenvalue weighted by Crippen LogP contribution is -2.68. The number of rotatable bonds is 7. The highest BCUT2D eigenvalue weighted by molar-refractivity contribution is 7.00. The second kappa shape index (κ2) is 10.8. The molecule has 0 saturated carbocycles. The van der Waals surface area contributed by atoms with E-state index in [0.29, 0.717) is 22.3 Å². The van der Waals surface area contributed by atoms with Crippen molar-refractivity contribution in [2.45, 2.75) is 25.8 Å². The third-order valence-electron chi connectivity index (χ3n) is 7.01. The van der Waals surface area contributed by atoms with E-state index in [0.717, 1.165) is 10.4 Å². The molecule has 5 aromatic rings. The Morgan fingerprint density at radius 3 is 2.05 bits per heavy atom. The number of aromatic nitrogens is 1. The number of ether oxygens (including phenoxy) is 1. The topological polar surface area (TPSA) is 63.6 Å². The lowest BCUT2D eigenvalue weighted by molar-refractivity contribution is 0.374. The number of benzene rings is 4. The first-order valence-electron chi connectivity index (χ1n) is 12.9. The average molecular weight is 573 g/mol. The number of hydrogen-bond acceptors (Lipinski definition) is 5. The van der Waals surface area contributed by atoms with Crippen LogP contribution in [0, 0.1) is 5.82 Å². The summed E-state index contributed by atoms with van der Waals surface area (Å²) in [5.74, 6) is 0.109. The molecule has 0 atom stereocenters. The molecule has 0 aliphatic heterocycles. The van der Waals surface area contributed by atoms with Crippen LogP contribution in [0.5, 0.6) is 17.2 Å². The standard InChI is InChI=1S/C32H30ClFN2O3Si/c1-32(2,3)40(21-11-7-5-8-12-21,22-13-9-6-10-14-22)39-30-20-28(25(34)18-24(30)33)36-26-15-16-35-27-19-29(37)31(38-4)17-23(26)27/h5-20,37H,1-4H3,(H,35,36). The zero-order valence-electron chi connectivity index (χ0n) is 22.7. The van der Waals surface area contributed by atoms with Gasteiger partial charge in [-0.2, -0.15) is 0 Å². The van der Waals surface area contributed by atoms with E-state index < -0.39 is 14.1 Å². The van der Waals surface area contributed by atoms with Gasteiger partial charge in [-0.15, -0.1) is 0 Å². The molecule has 0 spiro atoms. The van der Waals surface area contributed by atoms with Crippen molar-refractivity contribution < 1.29 is 18.7 Å². The number of aromatic hydroxyl groups is 1. The van der Waals surface area contributed by atoms with Gasteiger partial charge in [-0.05, 0) is 33.6 Å². The zero-order chi connectivity index (χ0) is 28.5. The molecule has 5 nitrogen and oxygen atoms in total. The maximum atomic E-state index is 15.4. The monoisotopic (exact) mass is 572 g/mol. The van der Waals surface area contributed by atoms with Gasteiger partial charge in [-0.25, -0.2) is 4.39 Å². The maximum absolute atomic E-state index is 15.4. The molecule has 5 rings (SSSR count). The fourth-order valence-corrected chi connectivity index (χ4v) is 9.78. The van der Waals surface area contributed by atoms with Crippen molar-refractivity contribution in [1.82, 2.24) is 4.98 Å². The van der Waals surface area contributed by atoms with Crippen LogP contribution < -0.4 is 24.9 Å². The SMILES string of the molecule is COc1cc2c(Nc3cc(O[Si](c4ccccc4)(c4ccccc4)C(C)(C)C)c(Cl)cc3F)ccnc2cc1O. The van der Waals surface area contributed by atoms with Crippen LogP contribution in [0.25, 0.3) is 10.9 Å². The number of pyridine rings is 1. The number of anilines is 2. The van der Waals surface area contributed by atoms with E-state index in [1.165, 1.54) is 19.2 Å². The predicted molar refractivity (Wildman–Crippen MR) is 163 cm³/mol. The quantitative estimate of drug-likeness (QED) is 0.199. The summed E-state index contributed by atoms with van der Waals surface area (Å²) in [6.45, 7) is 6.51. The average Bonchev–Trinajstić information content (AvgIpc) is 2.94. The largest absolute Gasteiger partial charge is 0.533 e. The van der Waals surface area contributed by atoms with Crippen molar-refractivity contribution in [1.29, 1.82) is 0 Å². The van der Waals surface area contributed by atoms with Gasteiger partial charge in [0.2, 0.25) is 0 Å². The summed E-state index contributed by atoms with van der Waals surface area (Å²) in [6.07, 6.45) is 1.59. The minimum atomic E-state index is -3.01. The number of methoxy groups -OCH3 is 1. The van der Waals surface area contributed by atoms with Gasteiger partial charge in [0, 0.05) is 29.4 Å². The van der Waals surface area contributed by atoms with Crippen LogP contribution >= 0.6 is 11.6 Å². The minimum absolute atomic E-state index is 0.0293. The molecule has 0 bridgehead atoms. The smallest absolute Gasteiger partial charge is 0.320 e. The summed E-state index contributed by atoms with van der Waals surface area (Å²) in [6, 6.07) is 28.1. The third-order valence-corrected chi connectivity index (χ3v) is 12.2. The predicted octanol–water partition coefficient (Wildman–Crippen LogP) is 7.42. The summed E-state index contributed by atoms with van der Waals surface area (Å²) in [7, 11) is -1.54. The van der Waals surface area contributed by atoms with Crippen molar-refractivity contribution in [3.8, 4) is 17.2 Å². The molecule has 2 N–H and O–H groups in total. The van der Waals surface area contributed by atoms with Crippen LogP contribution in [0.15, 0.2) is 97.2 Å². The molecule has 0 radical (unpaired) electrons. The number of nitrogens with zero attached hydrogens (tertiary/aromatic N) is 1. The highest BCUT2D eigenvalue weighted by Gasteiger charge is 2.52. The fraction of sp³-hybridized carbons (Fsp3) is 0.156. The molecule has 0 saturated heterocycles. The summed E-state index contributed by atoms with van der Waals surface area (Å²) in [4.78, 5) is 4.33. The van der Waals surface area contributed by atoms with E-state index in [9.17, 15) is 5.11 Å². The molecule has 40 heavy (non-hydrogen) atoms. The molecule has 0 aliphatic carbocycles. The molecule has 0 amide bonds. The second-order valence-electron chi connectivity index (χ2n) is 10.6. The molecule has 0 unspecified atom stereocenters. The summed E-state index contributed by atoms with van der Waals surface area (Å²) in [5.41, 5.74) is 1.30. The van der Waals surface area contributed by atoms with Gasteiger partial charge in [-0.1, -0.05) is 93.0 Å². The molecule has 0 aliphatic rings. The molecular formula is C32H30ClFN2O3Si. The Bertz CT molecular complexity index is 1620. The third kappa shape index (κ3) is 4.98. The van der Waals surface area contributed by atoms with Crippen LogP contribution in [0.4, 0.5) is 15.8 Å². The molecule has 204 valence electrons. The Morgan fingerprint density at radius 1 is 0.850 bits per heavy atom. The molecule has 1 aromatic heterocycles. The molecule has 0 fully saturated rings. The highest BCUT2D eigenvalue weighted by atomic mass is 35.5. The maximum Gasteiger partial charge on any atom is 0.320 e. The molecule has 8 heteroatoms. The van der Waals surface area contributed by atoms with Crippen LogP contribution in [0.3, 0.4) is 0 Å². The fourth-order valence-electron chi connectivity index (χ4n) is 5.10. The Hall–Kier alpha value is -4.07. The number of phenolic OH excluding ortho intramolecular Hbond substituents is 1. The van der Waals surface area contributed by atoms with Gasteiger partial charge >= 0.3 is 8.32 Å². The van der Waals surface area contributed by atoms with Crippen LogP contribution in [0.2, 0.25) is 10.1 Å². The number of fused-ring (bicyclic) bond motifs is 1. The molecular weight excluding hydrogens is 543 g/mol. The van der Waals surface area contributed by atoms with E-state index >= 15 is 4.39 Å². The summed E-state index contributed by atoms with van der Waals surface area (Å²) < 4.78 is 27.7. The van der Waals surface area contributed by atoms with Crippen molar-refractivity contribution in [2.75, 3.05) is 12.4 Å². The van der Waals surface area contributed by atoms with Crippen LogP contribution in [-0.2, 0) is 0 Å². The lowest BCUT2D eigenvalue weighted by atomic mass is 10.1. The van der Waals surface area contributed by atoms with Crippen molar-refractivity contribution in [3.63, 3.8) is 0 Å². The Kier molecular flexibility index (Phi) is 7.44. The van der Waals surface area contributed by atoms with Crippen LogP contribution in [0.1, 0.15) is 20.8 Å². The first-order chi connectivity index (χ1) is 19.1. The number of hydrogen-bond donors (Lipinski definition) is 2. The van der Waals surface area contributed by atoms with Gasteiger partial charge in [0.15, 0.2) is 11.5 Å². The van der Waals surface area contributed by atoms with Crippen molar-refractivity contribution in [2.24, 2.45) is 0 Å². The molecule has 1 heterocycles. The van der Waals surface area contributed by atoms with Gasteiger partial charge < -0.3 is 19.6 Å². The van der Waals surface area contributed by atoms with E-state index in [-0.39, 0.29) is 27.2 Å². The van der Waals surface area contributed by atoms with Gasteiger partial charge in [-0.3, -0.25) is 4.98 Å². The highest BCUT2D eigenvalue weighted by Crippen LogP contribution is 2.42. The van der Waals surface area contributed by atoms with Crippen LogP contribution in [-0.4, -0.2) is 25.5 Å². The molecule has 4 aromatic carbocycles. The van der Waals surface area contributed by atoms with Gasteiger partial charge in [0.05, 0.1) is 23.3 Å². The first kappa shape index (κ1) is 27.5. The first-order valence-corrected chi connectivity index (χ1v) is 15.1. The normalized spacial score (nSPS) is 11.8. The lowest BCUT2D eigenvalue weighted by Gasteiger charge is -2.43. The Morgan fingerprint density at radius 2 is 1.48 bits per heavy atom. The van der Waals surface area contributed by atoms with Crippen molar-refractivity contribution in [3.05, 3.63) is 108 Å². The summed E-state index contributed by atoms with van der Waals surface area (Å²) >= 11 is 6.66. The zero-order valence-corrected chi connectivity index (χ0v) is 24.5. The minimum Gasteiger partial charge on any atom is -0.533 e. The number of nitrogens with one attached hydrogen (secondary N) is 1. The van der Waals surface area contributed by atoms with Gasteiger partial charge in [0.25, 0.3) is 0 Å². The second-order valence-corrected chi connectivity index (χ2v) is 15.2. The summed E-state index contributed by atoms with van der Waals surface area (Å²) in [5, 5.41) is 16.1. The van der Waals surface area contributed by atoms with E-state index in [1.807, 2.05) is 36.4 Å². The number of halogens is 2. The Balaban J connectivity index is 1.64. The number of phenols is 1. The van der Waals surface area contributed by atoms with E-state index in [2.05, 4.69) is 55.3 Å². The van der Waals surface area contributed by atoms with Gasteiger partial charge in [0.1, 0.15) is 11.6 Å². The van der Waals surface area contributed by atoms with E-state index in [1.54, 1.807) is 24.4 Å².